The maximum atomic E-state index is 12.9. The molecule has 0 N–H and O–H groups in total. The number of pyridine rings is 1. The number of hydrogen-bond donors (Lipinski definition) is 0. The monoisotopic (exact) mass is 347 g/mol. The molecule has 0 unspecified atom stereocenters. The lowest BCUT2D eigenvalue weighted by Gasteiger charge is -2.26. The third kappa shape index (κ3) is 3.24. The maximum absolute atomic E-state index is 12.9. The Balaban J connectivity index is 1.81. The Kier molecular flexibility index (Phi) is 5.04. The molecule has 128 valence electrons. The molecule has 0 radical (unpaired) electrons. The Hall–Kier alpha value is -1.69. The molecule has 2 heterocycles. The van der Waals surface area contributed by atoms with Crippen LogP contribution in [0.15, 0.2) is 30.5 Å². The van der Waals surface area contributed by atoms with Crippen molar-refractivity contribution in [3.63, 3.8) is 0 Å². The molecule has 2 aromatic rings. The van der Waals surface area contributed by atoms with Crippen LogP contribution >= 0.6 is 11.6 Å². The second kappa shape index (κ2) is 7.05. The summed E-state index contributed by atoms with van der Waals surface area (Å²) in [7, 11) is 5.64. The van der Waals surface area contributed by atoms with Gasteiger partial charge < -0.3 is 9.64 Å². The van der Waals surface area contributed by atoms with Crippen LogP contribution in [0.3, 0.4) is 0 Å². The molecule has 24 heavy (non-hydrogen) atoms. The minimum atomic E-state index is -0.0374. The van der Waals surface area contributed by atoms with E-state index in [4.69, 9.17) is 16.3 Å². The molecule has 0 spiro atoms. The Bertz CT molecular complexity index is 752. The van der Waals surface area contributed by atoms with Crippen molar-refractivity contribution < 1.29 is 9.53 Å². The van der Waals surface area contributed by atoms with Crippen LogP contribution in [0.2, 0.25) is 5.02 Å². The average molecular weight is 348 g/mol. The molecule has 1 amide bonds. The second-order valence-corrected chi connectivity index (χ2v) is 6.77. The van der Waals surface area contributed by atoms with Gasteiger partial charge in [0.1, 0.15) is 0 Å². The number of hydrogen-bond acceptors (Lipinski definition) is 4. The molecule has 5 nitrogen and oxygen atoms in total. The first-order valence-electron chi connectivity index (χ1n) is 8.03. The number of fused-ring (bicyclic) bond motifs is 1. The lowest BCUT2D eigenvalue weighted by molar-refractivity contribution is 0.0762. The summed E-state index contributed by atoms with van der Waals surface area (Å²) in [5.41, 5.74) is 1.23. The molecular weight excluding hydrogens is 326 g/mol. The van der Waals surface area contributed by atoms with E-state index in [1.807, 2.05) is 19.2 Å². The molecule has 0 aliphatic carbocycles. The number of likely N-dealkylation sites (tertiary alicyclic amines) is 1. The summed E-state index contributed by atoms with van der Waals surface area (Å²) in [6, 6.07) is 7.53. The molecule has 1 aliphatic rings. The van der Waals surface area contributed by atoms with Crippen LogP contribution in [0.4, 0.5) is 0 Å². The van der Waals surface area contributed by atoms with Gasteiger partial charge in [0.05, 0.1) is 22.2 Å². The van der Waals surface area contributed by atoms with E-state index < -0.39 is 0 Å². The van der Waals surface area contributed by atoms with Gasteiger partial charge in [-0.2, -0.15) is 0 Å². The van der Waals surface area contributed by atoms with Crippen LogP contribution in [0.5, 0.6) is 0 Å². The summed E-state index contributed by atoms with van der Waals surface area (Å²) in [5.74, 6) is -0.0374. The number of likely N-dealkylation sites (N-methyl/N-ethyl adjacent to an activating group) is 2. The fourth-order valence-corrected chi connectivity index (χ4v) is 3.54. The molecule has 0 saturated carbocycles. The third-order valence-electron chi connectivity index (χ3n) is 4.76. The SMILES string of the molecule is CO[C@H]1C[C@@H](CN(C)C(=O)c2ccc(Cl)c3cccnc23)N(C)C1. The molecule has 2 atom stereocenters. The zero-order valence-electron chi connectivity index (χ0n) is 14.2. The van der Waals surface area contributed by atoms with Crippen LogP contribution < -0.4 is 0 Å². The molecule has 1 fully saturated rings. The smallest absolute Gasteiger partial charge is 0.255 e. The number of methoxy groups -OCH3 is 1. The molecule has 1 saturated heterocycles. The van der Waals surface area contributed by atoms with Crippen molar-refractivity contribution >= 4 is 28.4 Å². The van der Waals surface area contributed by atoms with Gasteiger partial charge in [0.15, 0.2) is 0 Å². The first-order valence-corrected chi connectivity index (χ1v) is 8.40. The van der Waals surface area contributed by atoms with E-state index in [9.17, 15) is 4.79 Å². The van der Waals surface area contributed by atoms with E-state index >= 15 is 0 Å². The fourth-order valence-electron chi connectivity index (χ4n) is 3.33. The molecule has 1 aromatic heterocycles. The lowest BCUT2D eigenvalue weighted by Crippen LogP contribution is -2.39. The number of halogens is 1. The van der Waals surface area contributed by atoms with Gasteiger partial charge in [-0.25, -0.2) is 0 Å². The van der Waals surface area contributed by atoms with Crippen molar-refractivity contribution in [3.8, 4) is 0 Å². The van der Waals surface area contributed by atoms with E-state index in [1.54, 1.807) is 30.3 Å². The van der Waals surface area contributed by atoms with E-state index in [2.05, 4.69) is 16.9 Å². The van der Waals surface area contributed by atoms with Crippen LogP contribution in [-0.4, -0.2) is 67.1 Å². The second-order valence-electron chi connectivity index (χ2n) is 6.37. The number of benzene rings is 1. The minimum absolute atomic E-state index is 0.0374. The zero-order valence-corrected chi connectivity index (χ0v) is 15.0. The van der Waals surface area contributed by atoms with Crippen molar-refractivity contribution in [2.24, 2.45) is 0 Å². The van der Waals surface area contributed by atoms with Gasteiger partial charge in [-0.1, -0.05) is 11.6 Å². The summed E-state index contributed by atoms with van der Waals surface area (Å²) in [6.07, 6.45) is 2.86. The number of rotatable bonds is 4. The number of carbonyl (C=O) groups is 1. The summed E-state index contributed by atoms with van der Waals surface area (Å²) in [5, 5.41) is 1.41. The first-order chi connectivity index (χ1) is 11.5. The largest absolute Gasteiger partial charge is 0.380 e. The Labute approximate surface area is 147 Å². The van der Waals surface area contributed by atoms with Crippen molar-refractivity contribution in [2.45, 2.75) is 18.6 Å². The van der Waals surface area contributed by atoms with Gasteiger partial charge in [0.2, 0.25) is 0 Å². The number of ether oxygens (including phenoxy) is 1. The Morgan fingerprint density at radius 3 is 2.96 bits per heavy atom. The standard InChI is InChI=1S/C18H22ClN3O2/c1-21-11-13(24-3)9-12(21)10-22(2)18(23)15-6-7-16(19)14-5-4-8-20-17(14)15/h4-8,12-13H,9-11H2,1-3H3/t12-,13-/m0/s1. The highest BCUT2D eigenvalue weighted by molar-refractivity contribution is 6.36. The highest BCUT2D eigenvalue weighted by atomic mass is 35.5. The average Bonchev–Trinajstić information content (AvgIpc) is 2.95. The van der Waals surface area contributed by atoms with E-state index in [0.717, 1.165) is 18.4 Å². The molecule has 1 aromatic carbocycles. The minimum Gasteiger partial charge on any atom is -0.380 e. The van der Waals surface area contributed by atoms with Crippen LogP contribution in [-0.2, 0) is 4.74 Å². The van der Waals surface area contributed by atoms with E-state index in [0.29, 0.717) is 28.7 Å². The number of carbonyl (C=O) groups excluding carboxylic acids is 1. The number of aromatic nitrogens is 1. The molecule has 1 aliphatic heterocycles. The van der Waals surface area contributed by atoms with E-state index in [1.165, 1.54) is 0 Å². The normalized spacial score (nSPS) is 21.3. The summed E-state index contributed by atoms with van der Waals surface area (Å²) in [6.45, 7) is 1.56. The Morgan fingerprint density at radius 1 is 1.46 bits per heavy atom. The van der Waals surface area contributed by atoms with Gasteiger partial charge in [-0.05, 0) is 37.7 Å². The van der Waals surface area contributed by atoms with Gasteiger partial charge >= 0.3 is 0 Å². The summed E-state index contributed by atoms with van der Waals surface area (Å²) in [4.78, 5) is 21.3. The van der Waals surface area contributed by atoms with Crippen LogP contribution in [0.1, 0.15) is 16.8 Å². The van der Waals surface area contributed by atoms with Crippen molar-refractivity contribution in [3.05, 3.63) is 41.0 Å². The third-order valence-corrected chi connectivity index (χ3v) is 5.09. The highest BCUT2D eigenvalue weighted by Gasteiger charge is 2.31. The van der Waals surface area contributed by atoms with Gasteiger partial charge in [0, 0.05) is 44.9 Å². The topological polar surface area (TPSA) is 45.7 Å². The molecule has 3 rings (SSSR count). The Morgan fingerprint density at radius 2 is 2.25 bits per heavy atom. The van der Waals surface area contributed by atoms with Crippen molar-refractivity contribution in [1.82, 2.24) is 14.8 Å². The van der Waals surface area contributed by atoms with Gasteiger partial charge in [0.25, 0.3) is 5.91 Å². The number of nitrogens with zero attached hydrogens (tertiary/aromatic N) is 3. The predicted molar refractivity (Wildman–Crippen MR) is 95.5 cm³/mol. The summed E-state index contributed by atoms with van der Waals surface area (Å²) >= 11 is 6.22. The predicted octanol–water partition coefficient (Wildman–Crippen LogP) is 2.68. The summed E-state index contributed by atoms with van der Waals surface area (Å²) < 4.78 is 5.44. The molecular formula is C18H22ClN3O2. The molecule has 0 bridgehead atoms. The fraction of sp³-hybridized carbons (Fsp3) is 0.444. The van der Waals surface area contributed by atoms with E-state index in [-0.39, 0.29) is 12.0 Å². The quantitative estimate of drug-likeness (QED) is 0.853. The lowest BCUT2D eigenvalue weighted by atomic mass is 10.1. The molecule has 6 heteroatoms. The van der Waals surface area contributed by atoms with Gasteiger partial charge in [-0.3, -0.25) is 14.7 Å². The first kappa shape index (κ1) is 17.1. The van der Waals surface area contributed by atoms with Crippen molar-refractivity contribution in [1.29, 1.82) is 0 Å². The zero-order chi connectivity index (χ0) is 17.3. The van der Waals surface area contributed by atoms with Crippen molar-refractivity contribution in [2.75, 3.05) is 34.3 Å². The maximum Gasteiger partial charge on any atom is 0.255 e. The highest BCUT2D eigenvalue weighted by Crippen LogP contribution is 2.26. The number of amides is 1. The van der Waals surface area contributed by atoms with Gasteiger partial charge in [-0.15, -0.1) is 0 Å². The van der Waals surface area contributed by atoms with Crippen LogP contribution in [0.25, 0.3) is 10.9 Å². The van der Waals surface area contributed by atoms with Crippen LogP contribution in [0, 0.1) is 0 Å².